The molecular formula is C17H21N3O2. The Labute approximate surface area is 130 Å². The molecule has 0 atom stereocenters. The number of hydrogen-bond acceptors (Lipinski definition) is 4. The first-order chi connectivity index (χ1) is 10.7. The number of aromatic nitrogens is 1. The van der Waals surface area contributed by atoms with E-state index in [1.54, 1.807) is 6.07 Å². The second-order valence-corrected chi connectivity index (χ2v) is 5.93. The quantitative estimate of drug-likeness (QED) is 0.942. The van der Waals surface area contributed by atoms with Crippen LogP contribution in [0.5, 0.6) is 0 Å². The molecule has 0 unspecified atom stereocenters. The molecule has 3 rings (SSSR count). The number of carbonyl (C=O) groups is 1. The number of nitrogens with zero attached hydrogens (tertiary/aromatic N) is 2. The monoisotopic (exact) mass is 299 g/mol. The minimum absolute atomic E-state index is 0.0894. The first-order valence-electron chi connectivity index (χ1n) is 7.75. The van der Waals surface area contributed by atoms with Crippen LogP contribution in [0.4, 0.5) is 11.4 Å². The van der Waals surface area contributed by atoms with Crippen LogP contribution in [0.25, 0.3) is 0 Å². The summed E-state index contributed by atoms with van der Waals surface area (Å²) in [4.78, 5) is 14.3. The van der Waals surface area contributed by atoms with Crippen molar-refractivity contribution < 1.29 is 9.32 Å². The zero-order valence-electron chi connectivity index (χ0n) is 12.8. The number of piperidine rings is 1. The van der Waals surface area contributed by atoms with Crippen LogP contribution < -0.4 is 10.2 Å². The molecule has 0 saturated carbocycles. The van der Waals surface area contributed by atoms with E-state index in [1.807, 2.05) is 12.1 Å². The largest absolute Gasteiger partial charge is 0.372 e. The molecule has 1 fully saturated rings. The van der Waals surface area contributed by atoms with Crippen LogP contribution in [0.2, 0.25) is 0 Å². The van der Waals surface area contributed by atoms with E-state index in [0.717, 1.165) is 24.7 Å². The summed E-state index contributed by atoms with van der Waals surface area (Å²) in [7, 11) is 0. The third-order valence-electron chi connectivity index (χ3n) is 4.13. The van der Waals surface area contributed by atoms with Crippen LogP contribution in [-0.2, 0) is 11.2 Å². The van der Waals surface area contributed by atoms with Crippen LogP contribution in [0.15, 0.2) is 41.1 Å². The molecule has 2 heterocycles. The van der Waals surface area contributed by atoms with Gasteiger partial charge in [-0.1, -0.05) is 12.1 Å². The first-order valence-corrected chi connectivity index (χ1v) is 7.75. The Balaban J connectivity index is 1.56. The molecule has 1 aromatic heterocycles. The SMILES string of the molecule is CC1CCN(c2ccc(NC(=O)Cc3ccon3)cc2)CC1. The number of hydrogen-bond donors (Lipinski definition) is 1. The molecule has 1 aliphatic rings. The van der Waals surface area contributed by atoms with Gasteiger partial charge in [-0.2, -0.15) is 0 Å². The summed E-state index contributed by atoms with van der Waals surface area (Å²) < 4.78 is 4.72. The van der Waals surface area contributed by atoms with Crippen LogP contribution in [-0.4, -0.2) is 24.2 Å². The predicted molar refractivity (Wildman–Crippen MR) is 85.9 cm³/mol. The average Bonchev–Trinajstić information content (AvgIpc) is 3.02. The summed E-state index contributed by atoms with van der Waals surface area (Å²) in [5.74, 6) is 0.736. The van der Waals surface area contributed by atoms with Crippen LogP contribution >= 0.6 is 0 Å². The smallest absolute Gasteiger partial charge is 0.230 e. The summed E-state index contributed by atoms with van der Waals surface area (Å²) in [5.41, 5.74) is 2.67. The number of benzene rings is 1. The second-order valence-electron chi connectivity index (χ2n) is 5.93. The summed E-state index contributed by atoms with van der Waals surface area (Å²) in [6, 6.07) is 9.74. The van der Waals surface area contributed by atoms with Gasteiger partial charge in [0.15, 0.2) is 0 Å². The average molecular weight is 299 g/mol. The van der Waals surface area contributed by atoms with Crippen molar-refractivity contribution in [3.63, 3.8) is 0 Å². The fraction of sp³-hybridized carbons (Fsp3) is 0.412. The van der Waals surface area contributed by atoms with Gasteiger partial charge in [0.05, 0.1) is 12.1 Å². The summed E-state index contributed by atoms with van der Waals surface area (Å²) >= 11 is 0. The van der Waals surface area contributed by atoms with Crippen molar-refractivity contribution in [1.29, 1.82) is 0 Å². The molecule has 0 aliphatic carbocycles. The Hall–Kier alpha value is -2.30. The molecule has 5 nitrogen and oxygen atoms in total. The van der Waals surface area contributed by atoms with Crippen molar-refractivity contribution in [2.75, 3.05) is 23.3 Å². The highest BCUT2D eigenvalue weighted by molar-refractivity contribution is 5.92. The van der Waals surface area contributed by atoms with Crippen LogP contribution in [0, 0.1) is 5.92 Å². The molecule has 1 aliphatic heterocycles. The lowest BCUT2D eigenvalue weighted by Gasteiger charge is -2.32. The molecule has 2 aromatic rings. The van der Waals surface area contributed by atoms with Gasteiger partial charge in [-0.25, -0.2) is 0 Å². The van der Waals surface area contributed by atoms with Crippen molar-refractivity contribution in [3.8, 4) is 0 Å². The lowest BCUT2D eigenvalue weighted by atomic mass is 9.99. The van der Waals surface area contributed by atoms with E-state index < -0.39 is 0 Å². The van der Waals surface area contributed by atoms with Gasteiger partial charge in [0.2, 0.25) is 5.91 Å². The van der Waals surface area contributed by atoms with Gasteiger partial charge in [0, 0.05) is 30.5 Å². The van der Waals surface area contributed by atoms with Gasteiger partial charge < -0.3 is 14.7 Å². The van der Waals surface area contributed by atoms with E-state index in [2.05, 4.69) is 34.4 Å². The number of nitrogens with one attached hydrogen (secondary N) is 1. The zero-order valence-corrected chi connectivity index (χ0v) is 12.8. The standard InChI is InChI=1S/C17H21N3O2/c1-13-6-9-20(10-7-13)16-4-2-14(3-5-16)18-17(21)12-15-8-11-22-19-15/h2-5,8,11,13H,6-7,9-10,12H2,1H3,(H,18,21). The minimum Gasteiger partial charge on any atom is -0.372 e. The van der Waals surface area contributed by atoms with Gasteiger partial charge in [-0.3, -0.25) is 4.79 Å². The Morgan fingerprint density at radius 2 is 2.00 bits per heavy atom. The maximum absolute atomic E-state index is 11.9. The van der Waals surface area contributed by atoms with Crippen LogP contribution in [0.1, 0.15) is 25.5 Å². The molecule has 116 valence electrons. The molecule has 0 spiro atoms. The number of rotatable bonds is 4. The van der Waals surface area contributed by atoms with E-state index in [1.165, 1.54) is 24.8 Å². The maximum Gasteiger partial charge on any atom is 0.230 e. The predicted octanol–water partition coefficient (Wildman–Crippen LogP) is 3.09. The lowest BCUT2D eigenvalue weighted by molar-refractivity contribution is -0.115. The molecule has 22 heavy (non-hydrogen) atoms. The topological polar surface area (TPSA) is 58.4 Å². The molecule has 0 bridgehead atoms. The highest BCUT2D eigenvalue weighted by Gasteiger charge is 2.16. The van der Waals surface area contributed by atoms with E-state index in [-0.39, 0.29) is 12.3 Å². The fourth-order valence-corrected chi connectivity index (χ4v) is 2.72. The molecule has 1 N–H and O–H groups in total. The zero-order chi connectivity index (χ0) is 15.4. The first kappa shape index (κ1) is 14.6. The van der Waals surface area contributed by atoms with Gasteiger partial charge in [-0.15, -0.1) is 0 Å². The Morgan fingerprint density at radius 3 is 2.64 bits per heavy atom. The van der Waals surface area contributed by atoms with Crippen molar-refractivity contribution in [1.82, 2.24) is 5.16 Å². The number of amides is 1. The minimum atomic E-state index is -0.0894. The Morgan fingerprint density at radius 1 is 1.27 bits per heavy atom. The third-order valence-corrected chi connectivity index (χ3v) is 4.13. The summed E-state index contributed by atoms with van der Waals surface area (Å²) in [6.07, 6.45) is 4.19. The molecule has 1 saturated heterocycles. The maximum atomic E-state index is 11.9. The molecule has 1 amide bonds. The van der Waals surface area contributed by atoms with Crippen molar-refractivity contribution in [2.45, 2.75) is 26.2 Å². The summed E-state index contributed by atoms with van der Waals surface area (Å²) in [6.45, 7) is 4.53. The van der Waals surface area contributed by atoms with Gasteiger partial charge in [0.25, 0.3) is 0 Å². The number of carbonyl (C=O) groups excluding carboxylic acids is 1. The normalized spacial score (nSPS) is 15.8. The van der Waals surface area contributed by atoms with E-state index >= 15 is 0 Å². The third kappa shape index (κ3) is 3.67. The molecule has 1 aromatic carbocycles. The fourth-order valence-electron chi connectivity index (χ4n) is 2.72. The van der Waals surface area contributed by atoms with E-state index in [4.69, 9.17) is 4.52 Å². The Kier molecular flexibility index (Phi) is 4.42. The van der Waals surface area contributed by atoms with Crippen molar-refractivity contribution in [2.24, 2.45) is 5.92 Å². The molecule has 0 radical (unpaired) electrons. The highest BCUT2D eigenvalue weighted by Crippen LogP contribution is 2.24. The van der Waals surface area contributed by atoms with E-state index in [9.17, 15) is 4.79 Å². The lowest BCUT2D eigenvalue weighted by Crippen LogP contribution is -2.32. The van der Waals surface area contributed by atoms with Crippen LogP contribution in [0.3, 0.4) is 0 Å². The van der Waals surface area contributed by atoms with Crippen molar-refractivity contribution >= 4 is 17.3 Å². The van der Waals surface area contributed by atoms with Gasteiger partial charge >= 0.3 is 0 Å². The number of anilines is 2. The summed E-state index contributed by atoms with van der Waals surface area (Å²) in [5, 5.41) is 6.61. The van der Waals surface area contributed by atoms with Gasteiger partial charge in [-0.05, 0) is 43.0 Å². The molecule has 5 heteroatoms. The van der Waals surface area contributed by atoms with Crippen molar-refractivity contribution in [3.05, 3.63) is 42.3 Å². The van der Waals surface area contributed by atoms with Gasteiger partial charge in [0.1, 0.15) is 6.26 Å². The second kappa shape index (κ2) is 6.64. The Bertz CT molecular complexity index is 599. The van der Waals surface area contributed by atoms with E-state index in [0.29, 0.717) is 5.69 Å². The highest BCUT2D eigenvalue weighted by atomic mass is 16.5. The molecular weight excluding hydrogens is 278 g/mol.